The Bertz CT molecular complexity index is 877. The first-order valence-electron chi connectivity index (χ1n) is 13.3. The smallest absolute Gasteiger partial charge is 0.331 e. The lowest BCUT2D eigenvalue weighted by atomic mass is 10.0. The van der Waals surface area contributed by atoms with Crippen LogP contribution in [0.25, 0.3) is 0 Å². The molecular formula is C27H40N2O10. The van der Waals surface area contributed by atoms with Gasteiger partial charge in [0.15, 0.2) is 12.1 Å². The molecule has 1 heterocycles. The van der Waals surface area contributed by atoms with Crippen molar-refractivity contribution < 1.29 is 48.3 Å². The van der Waals surface area contributed by atoms with Gasteiger partial charge in [-0.25, -0.2) is 9.59 Å². The highest BCUT2D eigenvalue weighted by Crippen LogP contribution is 2.20. The molecule has 0 radical (unpaired) electrons. The van der Waals surface area contributed by atoms with E-state index in [1.165, 1.54) is 0 Å². The molecule has 0 spiro atoms. The summed E-state index contributed by atoms with van der Waals surface area (Å²) in [5.74, 6) is -2.24. The molecule has 0 fully saturated rings. The fraction of sp³-hybridized carbons (Fsp3) is 0.630. The molecule has 1 aliphatic rings. The Morgan fingerprint density at radius 2 is 1.28 bits per heavy atom. The summed E-state index contributed by atoms with van der Waals surface area (Å²) in [6.07, 6.45) is 4.97. The highest BCUT2D eigenvalue weighted by atomic mass is 16.6. The molecule has 0 aliphatic carbocycles. The van der Waals surface area contributed by atoms with Crippen molar-refractivity contribution in [2.75, 3.05) is 46.2 Å². The van der Waals surface area contributed by atoms with Crippen molar-refractivity contribution in [2.24, 2.45) is 0 Å². The molecule has 2 bridgehead atoms. The van der Waals surface area contributed by atoms with Crippen LogP contribution in [-0.4, -0.2) is 92.3 Å². The summed E-state index contributed by atoms with van der Waals surface area (Å²) in [4.78, 5) is 49.9. The van der Waals surface area contributed by atoms with Crippen LogP contribution in [0.5, 0.6) is 5.75 Å². The summed E-state index contributed by atoms with van der Waals surface area (Å²) in [5.41, 5.74) is 1.04. The van der Waals surface area contributed by atoms with E-state index in [4.69, 9.17) is 18.9 Å². The zero-order valence-corrected chi connectivity index (χ0v) is 22.4. The first-order chi connectivity index (χ1) is 18.9. The van der Waals surface area contributed by atoms with Crippen molar-refractivity contribution >= 4 is 23.8 Å². The fourth-order valence-corrected chi connectivity index (χ4v) is 3.84. The number of hydrogen-bond donors (Lipinski definition) is 4. The van der Waals surface area contributed by atoms with Gasteiger partial charge in [0.05, 0.1) is 45.9 Å². The van der Waals surface area contributed by atoms with E-state index >= 15 is 0 Å². The van der Waals surface area contributed by atoms with Gasteiger partial charge in [-0.1, -0.05) is 38.7 Å². The van der Waals surface area contributed by atoms with E-state index in [1.54, 1.807) is 18.2 Å². The number of fused-ring (bicyclic) bond motifs is 2. The SMILES string of the molecule is CCCCCCCOc1cc2cc(c1)CC(=O)N[C@H](CO)C(=O)OCCOCCOC(=O)C(CO)NC(=O)C2. The van der Waals surface area contributed by atoms with Gasteiger partial charge in [0.2, 0.25) is 11.8 Å². The number of aliphatic hydroxyl groups is 2. The van der Waals surface area contributed by atoms with E-state index in [0.717, 1.165) is 32.1 Å². The number of hydrogen-bond acceptors (Lipinski definition) is 10. The molecule has 0 aromatic heterocycles. The topological polar surface area (TPSA) is 170 Å². The lowest BCUT2D eigenvalue weighted by Crippen LogP contribution is -2.45. The predicted octanol–water partition coefficient (Wildman–Crippen LogP) is 0.192. The number of nitrogens with one attached hydrogen (secondary N) is 2. The van der Waals surface area contributed by atoms with Gasteiger partial charge >= 0.3 is 11.9 Å². The van der Waals surface area contributed by atoms with Crippen LogP contribution in [0.15, 0.2) is 18.2 Å². The normalized spacial score (nSPS) is 20.3. The summed E-state index contributed by atoms with van der Waals surface area (Å²) in [6.45, 7) is 0.990. The molecule has 4 N–H and O–H groups in total. The van der Waals surface area contributed by atoms with Crippen LogP contribution in [0.1, 0.15) is 50.2 Å². The zero-order chi connectivity index (χ0) is 28.5. The minimum Gasteiger partial charge on any atom is -0.494 e. The van der Waals surface area contributed by atoms with Gasteiger partial charge < -0.3 is 39.8 Å². The van der Waals surface area contributed by atoms with E-state index in [-0.39, 0.29) is 39.3 Å². The van der Waals surface area contributed by atoms with Gasteiger partial charge in [-0.05, 0) is 29.7 Å². The standard InChI is InChI=1S/C27H40N2O10/c1-2-3-4-5-6-7-37-21-13-19-12-20(14-21)16-25(33)29-23(18-31)27(35)39-11-9-36-8-10-38-26(34)22(17-30)28-24(32)15-19/h12-14,22-23,30-31H,2-11,15-18H2,1H3,(H,28,32)(H,29,33)/t22-,23?/m1/s1. The summed E-state index contributed by atoms with van der Waals surface area (Å²) in [7, 11) is 0. The number of rotatable bonds is 9. The average Bonchev–Trinajstić information content (AvgIpc) is 2.90. The Kier molecular flexibility index (Phi) is 14.9. The quantitative estimate of drug-likeness (QED) is 0.245. The molecule has 218 valence electrons. The summed E-state index contributed by atoms with van der Waals surface area (Å²) in [5, 5.41) is 24.1. The summed E-state index contributed by atoms with van der Waals surface area (Å²) < 4.78 is 21.2. The predicted molar refractivity (Wildman–Crippen MR) is 139 cm³/mol. The van der Waals surface area contributed by atoms with Gasteiger partial charge in [-0.15, -0.1) is 0 Å². The second kappa shape index (κ2) is 18.1. The lowest BCUT2D eigenvalue weighted by Gasteiger charge is -2.18. The fourth-order valence-electron chi connectivity index (χ4n) is 3.84. The number of carbonyl (C=O) groups excluding carboxylic acids is 4. The van der Waals surface area contributed by atoms with Crippen LogP contribution in [0.4, 0.5) is 0 Å². The molecule has 0 saturated carbocycles. The van der Waals surface area contributed by atoms with Crippen molar-refractivity contribution in [1.82, 2.24) is 10.6 Å². The van der Waals surface area contributed by atoms with E-state index < -0.39 is 49.1 Å². The number of esters is 2. The largest absolute Gasteiger partial charge is 0.494 e. The van der Waals surface area contributed by atoms with Gasteiger partial charge in [0.25, 0.3) is 0 Å². The van der Waals surface area contributed by atoms with Gasteiger partial charge in [-0.3, -0.25) is 9.59 Å². The number of carbonyl (C=O) groups is 4. The third-order valence-electron chi connectivity index (χ3n) is 5.82. The maximum Gasteiger partial charge on any atom is 0.331 e. The average molecular weight is 553 g/mol. The van der Waals surface area contributed by atoms with Gasteiger partial charge in [-0.2, -0.15) is 0 Å². The van der Waals surface area contributed by atoms with Crippen LogP contribution >= 0.6 is 0 Å². The number of ether oxygens (including phenoxy) is 4. The summed E-state index contributed by atoms with van der Waals surface area (Å²) in [6, 6.07) is 2.48. The van der Waals surface area contributed by atoms with Crippen LogP contribution in [0.3, 0.4) is 0 Å². The highest BCUT2D eigenvalue weighted by Gasteiger charge is 2.24. The molecule has 2 rings (SSSR count). The molecule has 12 heteroatoms. The number of benzene rings is 1. The van der Waals surface area contributed by atoms with Crippen molar-refractivity contribution in [2.45, 2.75) is 64.0 Å². The Morgan fingerprint density at radius 3 is 1.77 bits per heavy atom. The molecule has 2 atom stereocenters. The lowest BCUT2D eigenvalue weighted by molar-refractivity contribution is -0.152. The molecular weight excluding hydrogens is 512 g/mol. The van der Waals surface area contributed by atoms with E-state index in [1.807, 2.05) is 0 Å². The van der Waals surface area contributed by atoms with Gasteiger partial charge in [0, 0.05) is 0 Å². The second-order valence-electron chi connectivity index (χ2n) is 9.15. The third kappa shape index (κ3) is 12.5. The molecule has 1 aliphatic heterocycles. The third-order valence-corrected chi connectivity index (χ3v) is 5.82. The molecule has 39 heavy (non-hydrogen) atoms. The van der Waals surface area contributed by atoms with Crippen LogP contribution in [0, 0.1) is 0 Å². The first kappa shape index (κ1) is 32.0. The van der Waals surface area contributed by atoms with Crippen LogP contribution in [0.2, 0.25) is 0 Å². The molecule has 1 aromatic carbocycles. The minimum absolute atomic E-state index is 0.0102. The number of unbranched alkanes of at least 4 members (excludes halogenated alkanes) is 4. The van der Waals surface area contributed by atoms with Crippen LogP contribution < -0.4 is 15.4 Å². The minimum atomic E-state index is -1.26. The monoisotopic (exact) mass is 552 g/mol. The van der Waals surface area contributed by atoms with E-state index in [2.05, 4.69) is 17.6 Å². The molecule has 1 unspecified atom stereocenters. The van der Waals surface area contributed by atoms with Crippen LogP contribution in [-0.2, 0) is 46.2 Å². The Hall–Kier alpha value is -3.22. The number of amides is 2. The maximum absolute atomic E-state index is 12.7. The first-order valence-corrected chi connectivity index (χ1v) is 13.3. The van der Waals surface area contributed by atoms with E-state index in [9.17, 15) is 29.4 Å². The summed E-state index contributed by atoms with van der Waals surface area (Å²) >= 11 is 0. The molecule has 0 saturated heterocycles. The number of cyclic esters (lactones) is 2. The Labute approximate surface area is 228 Å². The van der Waals surface area contributed by atoms with E-state index in [0.29, 0.717) is 23.5 Å². The second-order valence-corrected chi connectivity index (χ2v) is 9.15. The van der Waals surface area contributed by atoms with Gasteiger partial charge in [0.1, 0.15) is 19.0 Å². The molecule has 1 aromatic rings. The Morgan fingerprint density at radius 1 is 0.769 bits per heavy atom. The van der Waals surface area contributed by atoms with Crippen molar-refractivity contribution in [3.63, 3.8) is 0 Å². The Balaban J connectivity index is 2.21. The highest BCUT2D eigenvalue weighted by molar-refractivity contribution is 5.87. The zero-order valence-electron chi connectivity index (χ0n) is 22.4. The molecule has 2 amide bonds. The van der Waals surface area contributed by atoms with Crippen molar-refractivity contribution in [1.29, 1.82) is 0 Å². The van der Waals surface area contributed by atoms with Crippen molar-refractivity contribution in [3.8, 4) is 5.75 Å². The maximum atomic E-state index is 12.7. The molecule has 12 nitrogen and oxygen atoms in total. The number of aliphatic hydroxyl groups excluding tert-OH is 2. The van der Waals surface area contributed by atoms with Crippen molar-refractivity contribution in [3.05, 3.63) is 29.3 Å².